The van der Waals surface area contributed by atoms with E-state index in [9.17, 15) is 4.79 Å². The highest BCUT2D eigenvalue weighted by atomic mass is 32.1. The van der Waals surface area contributed by atoms with E-state index in [0.717, 1.165) is 45.1 Å². The maximum absolute atomic E-state index is 13.4. The molecular weight excluding hydrogens is 408 g/mol. The second-order valence-electron chi connectivity index (χ2n) is 7.35. The molecule has 1 aliphatic heterocycles. The SMILES string of the molecule is CCOc1ccc(/C=C2\CCn3c2nc2scc(-c4ccccc4)c2c3=O)cc1OC. The topological polar surface area (TPSA) is 53.4 Å². The molecule has 0 aliphatic carbocycles. The van der Waals surface area contributed by atoms with Crippen LogP contribution in [-0.4, -0.2) is 23.3 Å². The molecule has 0 amide bonds. The van der Waals surface area contributed by atoms with Crippen molar-refractivity contribution in [2.45, 2.75) is 19.9 Å². The molecule has 5 nitrogen and oxygen atoms in total. The van der Waals surface area contributed by atoms with Gasteiger partial charge in [-0.15, -0.1) is 11.3 Å². The summed E-state index contributed by atoms with van der Waals surface area (Å²) in [6.45, 7) is 3.17. The molecule has 5 rings (SSSR count). The Labute approximate surface area is 184 Å². The van der Waals surface area contributed by atoms with E-state index in [1.165, 1.54) is 11.3 Å². The number of hydrogen-bond acceptors (Lipinski definition) is 5. The van der Waals surface area contributed by atoms with Crippen molar-refractivity contribution >= 4 is 33.2 Å². The van der Waals surface area contributed by atoms with Crippen molar-refractivity contribution in [3.8, 4) is 22.6 Å². The maximum atomic E-state index is 13.4. The average molecular weight is 431 g/mol. The van der Waals surface area contributed by atoms with Gasteiger partial charge in [0.05, 0.1) is 19.1 Å². The van der Waals surface area contributed by atoms with Crippen molar-refractivity contribution in [1.29, 1.82) is 0 Å². The third kappa shape index (κ3) is 3.43. The summed E-state index contributed by atoms with van der Waals surface area (Å²) in [5.74, 6) is 2.18. The second kappa shape index (κ2) is 8.04. The number of nitrogens with zero attached hydrogens (tertiary/aromatic N) is 2. The summed E-state index contributed by atoms with van der Waals surface area (Å²) in [5.41, 5.74) is 4.09. The molecule has 0 bridgehead atoms. The molecule has 1 aliphatic rings. The van der Waals surface area contributed by atoms with Crippen LogP contribution < -0.4 is 15.0 Å². The lowest BCUT2D eigenvalue weighted by Gasteiger charge is -2.10. The summed E-state index contributed by atoms with van der Waals surface area (Å²) >= 11 is 1.52. The van der Waals surface area contributed by atoms with Crippen molar-refractivity contribution in [3.05, 3.63) is 75.7 Å². The number of methoxy groups -OCH3 is 1. The summed E-state index contributed by atoms with van der Waals surface area (Å²) in [4.78, 5) is 19.0. The molecule has 0 spiro atoms. The highest BCUT2D eigenvalue weighted by molar-refractivity contribution is 7.17. The smallest absolute Gasteiger partial charge is 0.263 e. The molecule has 0 saturated carbocycles. The van der Waals surface area contributed by atoms with Crippen LogP contribution in [0, 0.1) is 0 Å². The van der Waals surface area contributed by atoms with E-state index in [4.69, 9.17) is 14.5 Å². The van der Waals surface area contributed by atoms with Gasteiger partial charge in [0.1, 0.15) is 10.7 Å². The number of benzene rings is 2. The number of rotatable bonds is 5. The van der Waals surface area contributed by atoms with Gasteiger partial charge in [-0.2, -0.15) is 0 Å². The molecule has 0 radical (unpaired) electrons. The molecule has 0 N–H and O–H groups in total. The zero-order valence-corrected chi connectivity index (χ0v) is 18.2. The standard InChI is InChI=1S/C25H22N2O3S/c1-3-30-20-10-9-16(14-21(20)29-2)13-18-11-12-27-23(18)26-24-22(25(27)28)19(15-31-24)17-7-5-4-6-8-17/h4-10,13-15H,3,11-12H2,1-2H3/b18-13+. The summed E-state index contributed by atoms with van der Waals surface area (Å²) in [6.07, 6.45) is 2.86. The predicted molar refractivity (Wildman–Crippen MR) is 126 cm³/mol. The predicted octanol–water partition coefficient (Wildman–Crippen LogP) is 5.48. The molecule has 6 heteroatoms. The summed E-state index contributed by atoms with van der Waals surface area (Å²) in [7, 11) is 1.64. The first-order valence-corrected chi connectivity index (χ1v) is 11.2. The lowest BCUT2D eigenvalue weighted by molar-refractivity contribution is 0.311. The van der Waals surface area contributed by atoms with Crippen LogP contribution in [0.1, 0.15) is 24.7 Å². The molecule has 0 fully saturated rings. The van der Waals surface area contributed by atoms with Crippen LogP contribution in [0.4, 0.5) is 0 Å². The Morgan fingerprint density at radius 1 is 1.16 bits per heavy atom. The number of aromatic nitrogens is 2. The van der Waals surface area contributed by atoms with E-state index in [-0.39, 0.29) is 5.56 Å². The third-order valence-electron chi connectivity index (χ3n) is 5.50. The molecule has 0 atom stereocenters. The van der Waals surface area contributed by atoms with Crippen molar-refractivity contribution in [2.75, 3.05) is 13.7 Å². The maximum Gasteiger partial charge on any atom is 0.263 e. The van der Waals surface area contributed by atoms with Gasteiger partial charge in [0, 0.05) is 17.5 Å². The van der Waals surface area contributed by atoms with Gasteiger partial charge in [0.15, 0.2) is 11.5 Å². The van der Waals surface area contributed by atoms with Gasteiger partial charge in [-0.25, -0.2) is 4.98 Å². The van der Waals surface area contributed by atoms with E-state index in [0.29, 0.717) is 24.3 Å². The Balaban J connectivity index is 1.59. The van der Waals surface area contributed by atoms with Crippen LogP contribution in [0.5, 0.6) is 11.5 Å². The highest BCUT2D eigenvalue weighted by Crippen LogP contribution is 2.35. The molecule has 4 aromatic rings. The monoisotopic (exact) mass is 430 g/mol. The fraction of sp³-hybridized carbons (Fsp3) is 0.200. The van der Waals surface area contributed by atoms with Gasteiger partial charge in [0.2, 0.25) is 0 Å². The van der Waals surface area contributed by atoms with Gasteiger partial charge in [0.25, 0.3) is 5.56 Å². The number of thiophene rings is 1. The zero-order chi connectivity index (χ0) is 21.4. The largest absolute Gasteiger partial charge is 0.493 e. The minimum Gasteiger partial charge on any atom is -0.493 e. The number of fused-ring (bicyclic) bond motifs is 2. The van der Waals surface area contributed by atoms with Gasteiger partial charge in [-0.1, -0.05) is 36.4 Å². The molecule has 2 aromatic carbocycles. The van der Waals surface area contributed by atoms with Gasteiger partial charge >= 0.3 is 0 Å². The quantitative estimate of drug-likeness (QED) is 0.421. The molecule has 156 valence electrons. The minimum absolute atomic E-state index is 0.0350. The van der Waals surface area contributed by atoms with E-state index < -0.39 is 0 Å². The lowest BCUT2D eigenvalue weighted by atomic mass is 10.1. The van der Waals surface area contributed by atoms with Crippen LogP contribution in [-0.2, 0) is 6.54 Å². The molecule has 31 heavy (non-hydrogen) atoms. The highest BCUT2D eigenvalue weighted by Gasteiger charge is 2.23. The summed E-state index contributed by atoms with van der Waals surface area (Å²) in [6, 6.07) is 15.9. The Kier molecular flexibility index (Phi) is 5.08. The Bertz CT molecular complexity index is 1350. The van der Waals surface area contributed by atoms with Crippen LogP contribution in [0.3, 0.4) is 0 Å². The van der Waals surface area contributed by atoms with Crippen LogP contribution in [0.2, 0.25) is 0 Å². The number of hydrogen-bond donors (Lipinski definition) is 0. The van der Waals surface area contributed by atoms with E-state index in [1.807, 2.05) is 60.8 Å². The van der Waals surface area contributed by atoms with Crippen molar-refractivity contribution < 1.29 is 9.47 Å². The second-order valence-corrected chi connectivity index (χ2v) is 8.21. The lowest BCUT2D eigenvalue weighted by Crippen LogP contribution is -2.20. The molecule has 3 heterocycles. The van der Waals surface area contributed by atoms with Gasteiger partial charge in [-0.05, 0) is 48.3 Å². The Morgan fingerprint density at radius 3 is 2.77 bits per heavy atom. The van der Waals surface area contributed by atoms with E-state index in [2.05, 4.69) is 6.08 Å². The third-order valence-corrected chi connectivity index (χ3v) is 6.37. The first-order chi connectivity index (χ1) is 15.2. The van der Waals surface area contributed by atoms with Crippen LogP contribution in [0.25, 0.3) is 33.0 Å². The number of ether oxygens (including phenoxy) is 2. The molecular formula is C25H22N2O3S. The summed E-state index contributed by atoms with van der Waals surface area (Å²) in [5, 5.41) is 2.74. The van der Waals surface area contributed by atoms with Gasteiger partial charge < -0.3 is 9.47 Å². The van der Waals surface area contributed by atoms with Crippen molar-refractivity contribution in [3.63, 3.8) is 0 Å². The first-order valence-electron chi connectivity index (χ1n) is 10.3. The molecule has 0 saturated heterocycles. The first kappa shape index (κ1) is 19.6. The van der Waals surface area contributed by atoms with E-state index >= 15 is 0 Å². The minimum atomic E-state index is 0.0350. The fourth-order valence-electron chi connectivity index (χ4n) is 4.04. The fourth-order valence-corrected chi connectivity index (χ4v) is 4.98. The van der Waals surface area contributed by atoms with E-state index in [1.54, 1.807) is 11.7 Å². The Morgan fingerprint density at radius 2 is 2.00 bits per heavy atom. The van der Waals surface area contributed by atoms with Gasteiger partial charge in [-0.3, -0.25) is 9.36 Å². The Hall–Kier alpha value is -3.38. The molecule has 0 unspecified atom stereocenters. The summed E-state index contributed by atoms with van der Waals surface area (Å²) < 4.78 is 12.9. The van der Waals surface area contributed by atoms with Crippen molar-refractivity contribution in [2.24, 2.45) is 0 Å². The molecule has 2 aromatic heterocycles. The average Bonchev–Trinajstić information content (AvgIpc) is 3.41. The normalized spacial score (nSPS) is 14.2. The zero-order valence-electron chi connectivity index (χ0n) is 17.4. The number of allylic oxidation sites excluding steroid dienone is 1. The van der Waals surface area contributed by atoms with Crippen LogP contribution >= 0.6 is 11.3 Å². The van der Waals surface area contributed by atoms with Crippen LogP contribution in [0.15, 0.2) is 58.7 Å². The van der Waals surface area contributed by atoms with Crippen molar-refractivity contribution in [1.82, 2.24) is 9.55 Å².